The van der Waals surface area contributed by atoms with Crippen molar-refractivity contribution in [1.29, 1.82) is 0 Å². The second kappa shape index (κ2) is 5.90. The first-order chi connectivity index (χ1) is 10.6. The molecule has 0 saturated carbocycles. The van der Waals surface area contributed by atoms with Gasteiger partial charge < -0.3 is 4.57 Å². The summed E-state index contributed by atoms with van der Waals surface area (Å²) in [6, 6.07) is 4.82. The molecule has 0 aliphatic heterocycles. The van der Waals surface area contributed by atoms with Gasteiger partial charge in [-0.3, -0.25) is 4.79 Å². The van der Waals surface area contributed by atoms with Crippen LogP contribution in [0.15, 0.2) is 35.8 Å². The van der Waals surface area contributed by atoms with Crippen LogP contribution in [0, 0.1) is 12.7 Å². The van der Waals surface area contributed by atoms with Gasteiger partial charge in [-0.1, -0.05) is 28.0 Å². The summed E-state index contributed by atoms with van der Waals surface area (Å²) in [6.45, 7) is 5.74. The van der Waals surface area contributed by atoms with Gasteiger partial charge in [-0.15, -0.1) is 11.7 Å². The quantitative estimate of drug-likeness (QED) is 0.692. The van der Waals surface area contributed by atoms with Crippen molar-refractivity contribution < 1.29 is 9.18 Å². The topological polar surface area (TPSA) is 60.1 Å². The van der Waals surface area contributed by atoms with Gasteiger partial charge in [0.25, 0.3) is 5.91 Å². The predicted molar refractivity (Wildman–Crippen MR) is 84.5 cm³/mol. The van der Waals surface area contributed by atoms with E-state index in [0.29, 0.717) is 27.4 Å². The molecule has 112 valence electrons. The zero-order valence-electron chi connectivity index (χ0n) is 11.6. The van der Waals surface area contributed by atoms with Gasteiger partial charge in [0.1, 0.15) is 10.7 Å². The van der Waals surface area contributed by atoms with Crippen LogP contribution in [0.25, 0.3) is 10.2 Å². The molecule has 0 atom stereocenters. The number of nitrogens with zero attached hydrogens (tertiary/aromatic N) is 4. The summed E-state index contributed by atoms with van der Waals surface area (Å²) in [6.07, 6.45) is 1.64. The Hall–Kier alpha value is -2.19. The lowest BCUT2D eigenvalue weighted by atomic mass is 10.3. The van der Waals surface area contributed by atoms with E-state index in [1.807, 2.05) is 0 Å². The molecule has 5 nitrogen and oxygen atoms in total. The molecule has 0 bridgehead atoms. The number of allylic oxidation sites excluding steroid dienone is 1. The lowest BCUT2D eigenvalue weighted by molar-refractivity contribution is 0.100. The van der Waals surface area contributed by atoms with Crippen molar-refractivity contribution in [3.8, 4) is 0 Å². The number of fused-ring (bicyclic) bond motifs is 1. The Morgan fingerprint density at radius 2 is 2.36 bits per heavy atom. The van der Waals surface area contributed by atoms with Crippen LogP contribution in [0.5, 0.6) is 0 Å². The fraction of sp³-hybridized carbons (Fsp3) is 0.143. The highest BCUT2D eigenvalue weighted by Gasteiger charge is 2.15. The first-order valence-corrected chi connectivity index (χ1v) is 7.97. The van der Waals surface area contributed by atoms with Gasteiger partial charge in [-0.25, -0.2) is 4.39 Å². The third-order valence-electron chi connectivity index (χ3n) is 3.01. The van der Waals surface area contributed by atoms with Crippen LogP contribution in [0.4, 0.5) is 4.39 Å². The van der Waals surface area contributed by atoms with E-state index in [9.17, 15) is 9.18 Å². The Balaban J connectivity index is 2.22. The number of carbonyl (C=O) groups is 1. The summed E-state index contributed by atoms with van der Waals surface area (Å²) in [5.74, 6) is -0.766. The third-order valence-corrected chi connectivity index (χ3v) is 4.87. The molecule has 8 heteroatoms. The number of halogens is 1. The summed E-state index contributed by atoms with van der Waals surface area (Å²) >= 11 is 2.26. The number of benzene rings is 1. The highest BCUT2D eigenvalue weighted by Crippen LogP contribution is 2.20. The Kier molecular flexibility index (Phi) is 3.95. The maximum absolute atomic E-state index is 14.1. The standard InChI is InChI=1S/C14H11FN4OS2/c1-3-7-19-11-9(15)5-4-6-10(11)21-14(19)16-13(20)12-8(2)17-18-22-12/h3-6H,1,7H2,2H3. The molecule has 0 fully saturated rings. The van der Waals surface area contributed by atoms with Crippen molar-refractivity contribution >= 4 is 39.0 Å². The first-order valence-electron chi connectivity index (χ1n) is 6.38. The molecular formula is C14H11FN4OS2. The highest BCUT2D eigenvalue weighted by atomic mass is 32.1. The summed E-state index contributed by atoms with van der Waals surface area (Å²) in [7, 11) is 0. The second-order valence-electron chi connectivity index (χ2n) is 4.47. The van der Waals surface area contributed by atoms with Gasteiger partial charge in [-0.05, 0) is 30.6 Å². The molecule has 2 heterocycles. The van der Waals surface area contributed by atoms with Gasteiger partial charge in [0.05, 0.1) is 15.9 Å². The van der Waals surface area contributed by atoms with Gasteiger partial charge in [0, 0.05) is 6.54 Å². The fourth-order valence-electron chi connectivity index (χ4n) is 2.04. The summed E-state index contributed by atoms with van der Waals surface area (Å²) in [5.41, 5.74) is 0.972. The SMILES string of the molecule is C=CCn1c(=NC(=O)c2snnc2C)sc2cccc(F)c21. The van der Waals surface area contributed by atoms with Gasteiger partial charge in [-0.2, -0.15) is 4.99 Å². The van der Waals surface area contributed by atoms with E-state index < -0.39 is 5.91 Å². The first kappa shape index (κ1) is 14.7. The Labute approximate surface area is 133 Å². The van der Waals surface area contributed by atoms with E-state index in [2.05, 4.69) is 21.2 Å². The van der Waals surface area contributed by atoms with E-state index >= 15 is 0 Å². The summed E-state index contributed by atoms with van der Waals surface area (Å²) in [5, 5.41) is 3.80. The average Bonchev–Trinajstić information content (AvgIpc) is 3.05. The van der Waals surface area contributed by atoms with Crippen molar-refractivity contribution in [1.82, 2.24) is 14.2 Å². The number of thiazole rings is 1. The van der Waals surface area contributed by atoms with Crippen LogP contribution in [0.3, 0.4) is 0 Å². The van der Waals surface area contributed by atoms with E-state index in [4.69, 9.17) is 0 Å². The summed E-state index contributed by atoms with van der Waals surface area (Å²) < 4.78 is 20.2. The van der Waals surface area contributed by atoms with Crippen molar-refractivity contribution in [2.45, 2.75) is 13.5 Å². The van der Waals surface area contributed by atoms with Crippen molar-refractivity contribution in [2.24, 2.45) is 4.99 Å². The molecule has 0 spiro atoms. The Morgan fingerprint density at radius 3 is 3.05 bits per heavy atom. The van der Waals surface area contributed by atoms with Crippen LogP contribution >= 0.6 is 22.9 Å². The molecule has 2 aromatic heterocycles. The molecular weight excluding hydrogens is 323 g/mol. The second-order valence-corrected chi connectivity index (χ2v) is 6.24. The van der Waals surface area contributed by atoms with E-state index in [0.717, 1.165) is 16.2 Å². The largest absolute Gasteiger partial charge is 0.310 e. The molecule has 3 rings (SSSR count). The number of hydrogen-bond acceptors (Lipinski definition) is 5. The van der Waals surface area contributed by atoms with Crippen LogP contribution in [-0.2, 0) is 6.54 Å². The van der Waals surface area contributed by atoms with Crippen LogP contribution < -0.4 is 4.80 Å². The minimum absolute atomic E-state index is 0.347. The molecule has 0 aliphatic carbocycles. The van der Waals surface area contributed by atoms with E-state index in [1.165, 1.54) is 17.4 Å². The lowest BCUT2D eigenvalue weighted by Gasteiger charge is -2.01. The van der Waals surface area contributed by atoms with Crippen molar-refractivity contribution in [3.05, 3.63) is 52.0 Å². The van der Waals surface area contributed by atoms with E-state index in [1.54, 1.807) is 29.7 Å². The number of aryl methyl sites for hydroxylation is 1. The number of carbonyl (C=O) groups excluding carboxylic acids is 1. The maximum atomic E-state index is 14.1. The Morgan fingerprint density at radius 1 is 1.55 bits per heavy atom. The number of para-hydroxylation sites is 1. The Bertz CT molecular complexity index is 938. The number of rotatable bonds is 3. The van der Waals surface area contributed by atoms with Gasteiger partial charge in [0.2, 0.25) is 0 Å². The molecule has 0 N–H and O–H groups in total. The number of aromatic nitrogens is 3. The van der Waals surface area contributed by atoms with Gasteiger partial charge >= 0.3 is 0 Å². The molecule has 0 aliphatic rings. The third kappa shape index (κ3) is 2.51. The van der Waals surface area contributed by atoms with Crippen LogP contribution in [-0.4, -0.2) is 20.1 Å². The molecule has 0 radical (unpaired) electrons. The van der Waals surface area contributed by atoms with Crippen molar-refractivity contribution in [2.75, 3.05) is 0 Å². The molecule has 1 aromatic carbocycles. The van der Waals surface area contributed by atoms with Crippen LogP contribution in [0.1, 0.15) is 15.4 Å². The number of hydrogen-bond donors (Lipinski definition) is 0. The highest BCUT2D eigenvalue weighted by molar-refractivity contribution is 7.16. The van der Waals surface area contributed by atoms with E-state index in [-0.39, 0.29) is 5.82 Å². The average molecular weight is 334 g/mol. The molecule has 0 unspecified atom stereocenters. The zero-order valence-corrected chi connectivity index (χ0v) is 13.2. The number of amides is 1. The normalized spacial score (nSPS) is 12.0. The van der Waals surface area contributed by atoms with Crippen molar-refractivity contribution in [3.63, 3.8) is 0 Å². The smallest absolute Gasteiger partial charge is 0.293 e. The van der Waals surface area contributed by atoms with Gasteiger partial charge in [0.15, 0.2) is 4.80 Å². The zero-order chi connectivity index (χ0) is 15.7. The molecule has 1 amide bonds. The predicted octanol–water partition coefficient (Wildman–Crippen LogP) is 2.93. The minimum atomic E-state index is -0.419. The monoisotopic (exact) mass is 334 g/mol. The van der Waals surface area contributed by atoms with Crippen LogP contribution in [0.2, 0.25) is 0 Å². The minimum Gasteiger partial charge on any atom is -0.310 e. The molecule has 0 saturated heterocycles. The molecule has 22 heavy (non-hydrogen) atoms. The fourth-order valence-corrected chi connectivity index (χ4v) is 3.63. The lowest BCUT2D eigenvalue weighted by Crippen LogP contribution is -2.16. The summed E-state index contributed by atoms with van der Waals surface area (Å²) in [4.78, 5) is 17.2. The molecule has 3 aromatic rings. The maximum Gasteiger partial charge on any atom is 0.293 e.